The van der Waals surface area contributed by atoms with Crippen LogP contribution in [0.25, 0.3) is 0 Å². The van der Waals surface area contributed by atoms with Crippen LogP contribution in [0.4, 0.5) is 0 Å². The zero-order valence-electron chi connectivity index (χ0n) is 50.2. The normalized spacial score (nSPS) is 20.8. The molecule has 0 unspecified atom stereocenters. The first-order chi connectivity index (χ1) is 43.5. The smallest absolute Gasteiger partial charge is 0.326 e. The number of carbonyl (C=O) groups is 18. The number of nitrogens with two attached hydrogens (primary N) is 1. The van der Waals surface area contributed by atoms with Gasteiger partial charge in [0.05, 0.1) is 78.5 Å². The van der Waals surface area contributed by atoms with Gasteiger partial charge in [0.15, 0.2) is 0 Å². The van der Waals surface area contributed by atoms with Crippen molar-refractivity contribution in [2.24, 2.45) is 5.73 Å². The van der Waals surface area contributed by atoms with Crippen LogP contribution >= 0.6 is 0 Å². The fourth-order valence-electron chi connectivity index (χ4n) is 11.5. The number of nitrogens with zero attached hydrogens (tertiary/aromatic N) is 6. The standard InChI is InChI=1S/C54H80N18O19/c55-19-37(73)56-25-43(79)67-13-1-7-31(67)49(85)62-20-38(74)57-26-44(80)68-14-2-8-32(68)50(86)63-21-39(75)58-27-45(81)69-15-3-9-33(69)51(87)64-22-40(76)59-28-46(82)70-16-4-10-34(70)52(88)65-23-41(77)60-29-47(83)71-17-5-11-35(71)53(89)66-24-42(78)61-30-48(84)72-18-6-12-36(72)54(90)91/h31-36H,1-30,55H2,(H,56,73)(H,57,74)(H,58,75)(H,59,76)(H,60,77)(H,61,78)(H,62,85)(H,63,86)(H,64,87)(H,65,88)(H,66,89)(H,90,91)/t31-,32-,33-,34-,35-,36-/m0/s1. The molecule has 14 N–H and O–H groups in total. The molecule has 0 aliphatic carbocycles. The molecule has 91 heavy (non-hydrogen) atoms. The summed E-state index contributed by atoms with van der Waals surface area (Å²) in [5, 5.41) is 35.7. The summed E-state index contributed by atoms with van der Waals surface area (Å²) in [5.41, 5.74) is 5.24. The molecule has 0 bridgehead atoms. The maximum absolute atomic E-state index is 13.2. The van der Waals surface area contributed by atoms with Gasteiger partial charge in [-0.25, -0.2) is 4.79 Å². The second kappa shape index (κ2) is 34.4. The fourth-order valence-corrected chi connectivity index (χ4v) is 11.5. The van der Waals surface area contributed by atoms with Gasteiger partial charge in [0.1, 0.15) is 36.3 Å². The molecule has 6 saturated heterocycles. The van der Waals surface area contributed by atoms with E-state index in [1.54, 1.807) is 0 Å². The molecular weight excluding hydrogens is 1200 g/mol. The molecule has 0 radical (unpaired) electrons. The quantitative estimate of drug-likeness (QED) is 0.0331. The Morgan fingerprint density at radius 2 is 0.440 bits per heavy atom. The van der Waals surface area contributed by atoms with Crippen molar-refractivity contribution in [3.8, 4) is 0 Å². The Morgan fingerprint density at radius 3 is 0.626 bits per heavy atom. The number of hydrogen-bond acceptors (Lipinski definition) is 19. The van der Waals surface area contributed by atoms with Crippen LogP contribution in [0.5, 0.6) is 0 Å². The molecule has 37 nitrogen and oxygen atoms in total. The Bertz CT molecular complexity index is 2840. The number of carboxylic acids is 1. The van der Waals surface area contributed by atoms with Crippen molar-refractivity contribution < 1.29 is 91.4 Å². The second-order valence-corrected chi connectivity index (χ2v) is 22.3. The lowest BCUT2D eigenvalue weighted by Gasteiger charge is -2.25. The molecule has 6 aliphatic heterocycles. The number of carboxylic acid groups (broad SMARTS) is 1. The molecule has 0 aromatic heterocycles. The summed E-state index contributed by atoms with van der Waals surface area (Å²) < 4.78 is 0. The molecule has 500 valence electrons. The molecule has 0 aromatic rings. The molecule has 6 atom stereocenters. The fraction of sp³-hybridized carbons (Fsp3) is 0.667. The maximum atomic E-state index is 13.2. The van der Waals surface area contributed by atoms with Gasteiger partial charge >= 0.3 is 5.97 Å². The van der Waals surface area contributed by atoms with E-state index in [1.165, 1.54) is 29.4 Å². The van der Waals surface area contributed by atoms with Crippen molar-refractivity contribution in [3.63, 3.8) is 0 Å². The summed E-state index contributed by atoms with van der Waals surface area (Å²) in [7, 11) is 0. The van der Waals surface area contributed by atoms with Crippen molar-refractivity contribution in [1.29, 1.82) is 0 Å². The number of amides is 17. The van der Waals surface area contributed by atoms with E-state index >= 15 is 0 Å². The largest absolute Gasteiger partial charge is 0.480 e. The molecule has 37 heteroatoms. The number of hydrogen-bond donors (Lipinski definition) is 13. The van der Waals surface area contributed by atoms with Crippen molar-refractivity contribution >= 4 is 106 Å². The highest BCUT2D eigenvalue weighted by Gasteiger charge is 2.40. The third-order valence-corrected chi connectivity index (χ3v) is 16.2. The van der Waals surface area contributed by atoms with E-state index < -0.39 is 208 Å². The molecule has 17 amide bonds. The van der Waals surface area contributed by atoms with Gasteiger partial charge < -0.3 is 98.7 Å². The summed E-state index contributed by atoms with van der Waals surface area (Å²) >= 11 is 0. The lowest BCUT2D eigenvalue weighted by atomic mass is 10.2. The predicted molar refractivity (Wildman–Crippen MR) is 308 cm³/mol. The van der Waals surface area contributed by atoms with Gasteiger partial charge in [-0.05, 0) is 77.0 Å². The number of nitrogens with one attached hydrogen (secondary N) is 11. The van der Waals surface area contributed by atoms with Crippen molar-refractivity contribution in [2.75, 3.05) is 118 Å². The Balaban J connectivity index is 0.810. The zero-order valence-corrected chi connectivity index (χ0v) is 50.2. The predicted octanol–water partition coefficient (Wildman–Crippen LogP) is -10.7. The number of carbonyl (C=O) groups excluding carboxylic acids is 17. The van der Waals surface area contributed by atoms with Gasteiger partial charge in [-0.3, -0.25) is 81.5 Å². The van der Waals surface area contributed by atoms with E-state index in [9.17, 15) is 91.4 Å². The van der Waals surface area contributed by atoms with Gasteiger partial charge in [-0.15, -0.1) is 0 Å². The Hall–Kier alpha value is -9.58. The van der Waals surface area contributed by atoms with Gasteiger partial charge in [-0.1, -0.05) is 0 Å². The van der Waals surface area contributed by atoms with Gasteiger partial charge in [0, 0.05) is 39.3 Å². The molecule has 6 rings (SSSR count). The first kappa shape index (κ1) is 70.5. The van der Waals surface area contributed by atoms with Gasteiger partial charge in [0.25, 0.3) is 0 Å². The first-order valence-corrected chi connectivity index (χ1v) is 30.2. The Labute approximate surface area is 521 Å². The van der Waals surface area contributed by atoms with Crippen LogP contribution in [-0.2, 0) is 86.3 Å². The van der Waals surface area contributed by atoms with Crippen LogP contribution in [0.1, 0.15) is 77.0 Å². The molecule has 0 spiro atoms. The topological polar surface area (TPSA) is 505 Å². The van der Waals surface area contributed by atoms with Crippen LogP contribution in [-0.4, -0.2) is 295 Å². The van der Waals surface area contributed by atoms with Crippen LogP contribution < -0.4 is 64.2 Å². The van der Waals surface area contributed by atoms with E-state index in [0.717, 1.165) is 0 Å². The number of rotatable bonds is 29. The lowest BCUT2D eigenvalue weighted by Crippen LogP contribution is -2.53. The highest BCUT2D eigenvalue weighted by atomic mass is 16.4. The van der Waals surface area contributed by atoms with Crippen LogP contribution in [0, 0.1) is 0 Å². The average molecular weight is 1290 g/mol. The average Bonchev–Trinajstić information content (AvgIpc) is 2.13. The second-order valence-electron chi connectivity index (χ2n) is 22.3. The highest BCUT2D eigenvalue weighted by molar-refractivity contribution is 5.98. The third kappa shape index (κ3) is 20.5. The zero-order chi connectivity index (χ0) is 66.3. The van der Waals surface area contributed by atoms with Crippen LogP contribution in [0.3, 0.4) is 0 Å². The maximum Gasteiger partial charge on any atom is 0.326 e. The Kier molecular flexibility index (Phi) is 26.7. The summed E-state index contributed by atoms with van der Waals surface area (Å²) in [6, 6.07) is -5.76. The molecular formula is C54H80N18O19. The van der Waals surface area contributed by atoms with E-state index in [4.69, 9.17) is 5.73 Å². The van der Waals surface area contributed by atoms with Crippen LogP contribution in [0.15, 0.2) is 0 Å². The molecule has 6 aliphatic rings. The SMILES string of the molecule is NCC(=O)NCC(=O)N1CCC[C@H]1C(=O)NCC(=O)NCC(=O)N1CCC[C@H]1C(=O)NCC(=O)NCC(=O)N1CCC[C@H]1C(=O)NCC(=O)NCC(=O)N1CCC[C@H]1C(=O)NCC(=O)NCC(=O)N1CCC[C@H]1C(=O)NCC(=O)NCC(=O)N1CCC[C@H]1C(=O)O. The van der Waals surface area contributed by atoms with Gasteiger partial charge in [0.2, 0.25) is 100 Å². The minimum Gasteiger partial charge on any atom is -0.480 e. The van der Waals surface area contributed by atoms with Crippen molar-refractivity contribution in [2.45, 2.75) is 113 Å². The lowest BCUT2D eigenvalue weighted by molar-refractivity contribution is -0.148. The van der Waals surface area contributed by atoms with Crippen molar-refractivity contribution in [3.05, 3.63) is 0 Å². The summed E-state index contributed by atoms with van der Waals surface area (Å²) in [6.45, 7) is -4.80. The highest BCUT2D eigenvalue weighted by Crippen LogP contribution is 2.22. The minimum absolute atomic E-state index is 0.154. The Morgan fingerprint density at radius 1 is 0.264 bits per heavy atom. The molecule has 0 saturated carbocycles. The van der Waals surface area contributed by atoms with Crippen LogP contribution in [0.2, 0.25) is 0 Å². The van der Waals surface area contributed by atoms with E-state index in [-0.39, 0.29) is 78.0 Å². The van der Waals surface area contributed by atoms with E-state index in [1.807, 2.05) is 0 Å². The summed E-state index contributed by atoms with van der Waals surface area (Å²) in [4.78, 5) is 236. The van der Waals surface area contributed by atoms with E-state index in [2.05, 4.69) is 58.5 Å². The molecule has 0 aromatic carbocycles. The van der Waals surface area contributed by atoms with E-state index in [0.29, 0.717) is 51.4 Å². The first-order valence-electron chi connectivity index (χ1n) is 30.2. The minimum atomic E-state index is -1.14. The van der Waals surface area contributed by atoms with Gasteiger partial charge in [-0.2, -0.15) is 0 Å². The van der Waals surface area contributed by atoms with Crippen molar-refractivity contribution in [1.82, 2.24) is 87.9 Å². The molecule has 6 heterocycles. The summed E-state index contributed by atoms with van der Waals surface area (Å²) in [6.07, 6.45) is 4.41. The molecule has 6 fully saturated rings. The number of likely N-dealkylation sites (tertiary alicyclic amines) is 6. The monoisotopic (exact) mass is 1280 g/mol. The summed E-state index contributed by atoms with van der Waals surface area (Å²) in [5.74, 6) is -12.2. The number of aliphatic carboxylic acids is 1. The third-order valence-electron chi connectivity index (χ3n) is 16.2.